The van der Waals surface area contributed by atoms with Crippen molar-refractivity contribution >= 4 is 21.6 Å². The third-order valence-electron chi connectivity index (χ3n) is 1.94. The molecule has 1 aromatic rings. The standard InChI is InChI=1S/C8H8BrNO2/c9-5-1-2-6-7(3-5)10-4-8(6,11)12/h1-3,10-12H,4H2. The molecule has 0 spiro atoms. The van der Waals surface area contributed by atoms with Crippen LogP contribution >= 0.6 is 15.9 Å². The van der Waals surface area contributed by atoms with E-state index in [-0.39, 0.29) is 6.54 Å². The lowest BCUT2D eigenvalue weighted by atomic mass is 10.1. The Hall–Kier alpha value is -0.580. The van der Waals surface area contributed by atoms with Crippen LogP contribution < -0.4 is 5.32 Å². The highest BCUT2D eigenvalue weighted by atomic mass is 79.9. The van der Waals surface area contributed by atoms with E-state index in [1.165, 1.54) is 0 Å². The van der Waals surface area contributed by atoms with Crippen LogP contribution in [0.25, 0.3) is 0 Å². The number of hydrogen-bond acceptors (Lipinski definition) is 3. The van der Waals surface area contributed by atoms with Gasteiger partial charge in [0, 0.05) is 15.7 Å². The number of benzene rings is 1. The molecule has 1 aliphatic heterocycles. The van der Waals surface area contributed by atoms with Crippen molar-refractivity contribution in [2.24, 2.45) is 0 Å². The Morgan fingerprint density at radius 1 is 1.42 bits per heavy atom. The van der Waals surface area contributed by atoms with Gasteiger partial charge >= 0.3 is 0 Å². The van der Waals surface area contributed by atoms with Crippen LogP contribution in [0.3, 0.4) is 0 Å². The molecule has 2 rings (SSSR count). The van der Waals surface area contributed by atoms with Gasteiger partial charge in [-0.2, -0.15) is 0 Å². The summed E-state index contributed by atoms with van der Waals surface area (Å²) in [5.74, 6) is -1.71. The van der Waals surface area contributed by atoms with E-state index in [1.54, 1.807) is 12.1 Å². The second-order valence-corrected chi connectivity index (χ2v) is 3.78. The molecule has 0 amide bonds. The van der Waals surface area contributed by atoms with Gasteiger partial charge in [-0.25, -0.2) is 0 Å². The second kappa shape index (κ2) is 2.45. The van der Waals surface area contributed by atoms with Gasteiger partial charge in [-0.1, -0.05) is 22.0 Å². The second-order valence-electron chi connectivity index (χ2n) is 2.86. The first-order valence-corrected chi connectivity index (χ1v) is 4.37. The Kier molecular flexibility index (Phi) is 1.64. The van der Waals surface area contributed by atoms with Gasteiger partial charge in [-0.3, -0.25) is 0 Å². The number of hydrogen-bond donors (Lipinski definition) is 3. The Balaban J connectivity index is 2.55. The molecule has 0 radical (unpaired) electrons. The van der Waals surface area contributed by atoms with Crippen molar-refractivity contribution in [2.45, 2.75) is 5.79 Å². The van der Waals surface area contributed by atoms with Crippen LogP contribution in [-0.4, -0.2) is 16.8 Å². The summed E-state index contributed by atoms with van der Waals surface area (Å²) in [6, 6.07) is 5.30. The van der Waals surface area contributed by atoms with Crippen LogP contribution in [0, 0.1) is 0 Å². The van der Waals surface area contributed by atoms with Crippen molar-refractivity contribution in [3.63, 3.8) is 0 Å². The summed E-state index contributed by atoms with van der Waals surface area (Å²) in [6.45, 7) is 0.152. The maximum absolute atomic E-state index is 9.42. The molecule has 1 heterocycles. The average molecular weight is 230 g/mol. The highest BCUT2D eigenvalue weighted by Gasteiger charge is 2.34. The Bertz CT molecular complexity index is 325. The number of fused-ring (bicyclic) bond motifs is 1. The number of anilines is 1. The number of β-amino-alcohol motifs (C(OH)–C–C–N with tert-alkyl or cyclic N) is 2. The molecule has 1 aromatic carbocycles. The fourth-order valence-electron chi connectivity index (χ4n) is 1.33. The summed E-state index contributed by atoms with van der Waals surface area (Å²) in [5.41, 5.74) is 1.31. The Labute approximate surface area is 78.2 Å². The molecule has 1 aliphatic rings. The Morgan fingerprint density at radius 3 is 2.92 bits per heavy atom. The summed E-state index contributed by atoms with van der Waals surface area (Å²) in [7, 11) is 0. The molecular weight excluding hydrogens is 222 g/mol. The molecule has 3 N–H and O–H groups in total. The van der Waals surface area contributed by atoms with E-state index < -0.39 is 5.79 Å². The van der Waals surface area contributed by atoms with E-state index in [2.05, 4.69) is 21.2 Å². The monoisotopic (exact) mass is 229 g/mol. The predicted octanol–water partition coefficient (Wildman–Crippen LogP) is 1.01. The smallest absolute Gasteiger partial charge is 0.209 e. The highest BCUT2D eigenvalue weighted by Crippen LogP contribution is 2.34. The molecule has 0 fully saturated rings. The van der Waals surface area contributed by atoms with Crippen molar-refractivity contribution in [1.29, 1.82) is 0 Å². The largest absolute Gasteiger partial charge is 0.379 e. The molecule has 0 aromatic heterocycles. The number of nitrogens with one attached hydrogen (secondary N) is 1. The minimum atomic E-state index is -1.71. The summed E-state index contributed by atoms with van der Waals surface area (Å²) in [5, 5.41) is 21.7. The average Bonchev–Trinajstić information content (AvgIpc) is 2.27. The topological polar surface area (TPSA) is 52.5 Å². The van der Waals surface area contributed by atoms with Crippen molar-refractivity contribution in [2.75, 3.05) is 11.9 Å². The normalized spacial score (nSPS) is 18.6. The van der Waals surface area contributed by atoms with E-state index in [9.17, 15) is 10.2 Å². The molecular formula is C8H8BrNO2. The quantitative estimate of drug-likeness (QED) is 0.583. The van der Waals surface area contributed by atoms with Crippen LogP contribution in [0.15, 0.2) is 22.7 Å². The van der Waals surface area contributed by atoms with Crippen molar-refractivity contribution in [3.8, 4) is 0 Å². The zero-order valence-corrected chi connectivity index (χ0v) is 7.80. The summed E-state index contributed by atoms with van der Waals surface area (Å²) in [4.78, 5) is 0. The van der Waals surface area contributed by atoms with Gasteiger partial charge in [0.05, 0.1) is 6.54 Å². The first-order valence-electron chi connectivity index (χ1n) is 3.58. The lowest BCUT2D eigenvalue weighted by Gasteiger charge is -2.13. The molecule has 0 atom stereocenters. The number of halogens is 1. The van der Waals surface area contributed by atoms with E-state index in [1.807, 2.05) is 6.07 Å². The van der Waals surface area contributed by atoms with Gasteiger partial charge in [-0.15, -0.1) is 0 Å². The van der Waals surface area contributed by atoms with Crippen LogP contribution in [0.4, 0.5) is 5.69 Å². The van der Waals surface area contributed by atoms with Crippen LogP contribution in [-0.2, 0) is 5.79 Å². The lowest BCUT2D eigenvalue weighted by Crippen LogP contribution is -2.26. The predicted molar refractivity (Wildman–Crippen MR) is 48.7 cm³/mol. The molecule has 4 heteroatoms. The van der Waals surface area contributed by atoms with Crippen molar-refractivity contribution < 1.29 is 10.2 Å². The first-order chi connectivity index (χ1) is 5.59. The van der Waals surface area contributed by atoms with E-state index in [4.69, 9.17) is 0 Å². The molecule has 64 valence electrons. The molecule has 3 nitrogen and oxygen atoms in total. The molecule has 0 saturated carbocycles. The van der Waals surface area contributed by atoms with Crippen LogP contribution in [0.1, 0.15) is 5.56 Å². The number of aliphatic hydroxyl groups is 2. The third kappa shape index (κ3) is 1.12. The molecule has 0 bridgehead atoms. The zero-order chi connectivity index (χ0) is 8.77. The third-order valence-corrected chi connectivity index (χ3v) is 2.43. The van der Waals surface area contributed by atoms with Crippen LogP contribution in [0.5, 0.6) is 0 Å². The van der Waals surface area contributed by atoms with Crippen molar-refractivity contribution in [3.05, 3.63) is 28.2 Å². The minimum absolute atomic E-state index is 0.152. The van der Waals surface area contributed by atoms with E-state index >= 15 is 0 Å². The fraction of sp³-hybridized carbons (Fsp3) is 0.250. The summed E-state index contributed by atoms with van der Waals surface area (Å²) in [6.07, 6.45) is 0. The Morgan fingerprint density at radius 2 is 2.17 bits per heavy atom. The molecule has 0 saturated heterocycles. The highest BCUT2D eigenvalue weighted by molar-refractivity contribution is 9.10. The molecule has 0 unspecified atom stereocenters. The summed E-state index contributed by atoms with van der Waals surface area (Å²) >= 11 is 3.30. The SMILES string of the molecule is OC1(O)CNc2cc(Br)ccc21. The molecule has 12 heavy (non-hydrogen) atoms. The van der Waals surface area contributed by atoms with Crippen LogP contribution in [0.2, 0.25) is 0 Å². The van der Waals surface area contributed by atoms with Gasteiger partial charge in [0.1, 0.15) is 0 Å². The van der Waals surface area contributed by atoms with E-state index in [0.29, 0.717) is 5.56 Å². The minimum Gasteiger partial charge on any atom is -0.379 e. The van der Waals surface area contributed by atoms with Gasteiger partial charge in [-0.05, 0) is 12.1 Å². The fourth-order valence-corrected chi connectivity index (χ4v) is 1.69. The maximum Gasteiger partial charge on any atom is 0.209 e. The summed E-state index contributed by atoms with van der Waals surface area (Å²) < 4.78 is 0.923. The van der Waals surface area contributed by atoms with Gasteiger partial charge in [0.25, 0.3) is 0 Å². The van der Waals surface area contributed by atoms with E-state index in [0.717, 1.165) is 10.2 Å². The first kappa shape index (κ1) is 8.04. The zero-order valence-electron chi connectivity index (χ0n) is 6.21. The van der Waals surface area contributed by atoms with Gasteiger partial charge < -0.3 is 15.5 Å². The maximum atomic E-state index is 9.42. The number of rotatable bonds is 0. The molecule has 0 aliphatic carbocycles. The lowest BCUT2D eigenvalue weighted by molar-refractivity contribution is -0.151. The van der Waals surface area contributed by atoms with Gasteiger partial charge in [0.15, 0.2) is 0 Å². The van der Waals surface area contributed by atoms with Crippen molar-refractivity contribution in [1.82, 2.24) is 0 Å². The van der Waals surface area contributed by atoms with Gasteiger partial charge in [0.2, 0.25) is 5.79 Å².